The highest BCUT2D eigenvalue weighted by Gasteiger charge is 2.21. The maximum atomic E-state index is 5.78. The van der Waals surface area contributed by atoms with Gasteiger partial charge in [-0.3, -0.25) is 0 Å². The average Bonchev–Trinajstić information content (AvgIpc) is 2.49. The summed E-state index contributed by atoms with van der Waals surface area (Å²) in [7, 11) is 0. The molecule has 4 heteroatoms. The molecule has 21 heavy (non-hydrogen) atoms. The van der Waals surface area contributed by atoms with Crippen molar-refractivity contribution in [3.8, 4) is 0 Å². The molecular weight excluding hydrogens is 266 g/mol. The Hall–Kier alpha value is -0.160. The molecule has 0 rings (SSSR count). The zero-order valence-corrected chi connectivity index (χ0v) is 14.7. The van der Waals surface area contributed by atoms with Crippen LogP contribution >= 0.6 is 0 Å². The van der Waals surface area contributed by atoms with E-state index < -0.39 is 0 Å². The van der Waals surface area contributed by atoms with E-state index in [-0.39, 0.29) is 0 Å². The van der Waals surface area contributed by atoms with Gasteiger partial charge in [-0.2, -0.15) is 0 Å². The Balaban J connectivity index is 4.28. The Bertz CT molecular complexity index is 202. The summed E-state index contributed by atoms with van der Waals surface area (Å²) in [5.41, 5.74) is 0. The summed E-state index contributed by atoms with van der Waals surface area (Å²) in [5, 5.41) is 3.55. The third kappa shape index (κ3) is 12.1. The summed E-state index contributed by atoms with van der Waals surface area (Å²) in [5.74, 6) is 0.449. The molecule has 2 atom stereocenters. The van der Waals surface area contributed by atoms with E-state index in [0.29, 0.717) is 12.0 Å². The molecule has 0 amide bonds. The molecule has 0 aliphatic carbocycles. The molecule has 0 radical (unpaired) electrons. The number of ether oxygens (including phenoxy) is 3. The van der Waals surface area contributed by atoms with Gasteiger partial charge in [-0.1, -0.05) is 27.7 Å². The lowest BCUT2D eigenvalue weighted by Crippen LogP contribution is -2.42. The summed E-state index contributed by atoms with van der Waals surface area (Å²) in [6.07, 6.45) is 4.23. The van der Waals surface area contributed by atoms with Gasteiger partial charge in [0.1, 0.15) is 0 Å². The second-order valence-corrected chi connectivity index (χ2v) is 5.48. The summed E-state index contributed by atoms with van der Waals surface area (Å²) < 4.78 is 17.2. The van der Waals surface area contributed by atoms with Crippen LogP contribution in [0.25, 0.3) is 0 Å². The maximum Gasteiger partial charge on any atom is 0.0623 e. The molecule has 0 spiro atoms. The van der Waals surface area contributed by atoms with Gasteiger partial charge in [0.15, 0.2) is 0 Å². The highest BCUT2D eigenvalue weighted by Crippen LogP contribution is 2.12. The number of likely N-dealkylation sites (N-methyl/N-ethyl adjacent to an activating group) is 1. The van der Waals surface area contributed by atoms with Crippen LogP contribution < -0.4 is 5.32 Å². The van der Waals surface area contributed by atoms with E-state index in [4.69, 9.17) is 14.2 Å². The minimum Gasteiger partial charge on any atom is -0.381 e. The van der Waals surface area contributed by atoms with E-state index in [1.54, 1.807) is 0 Å². The monoisotopic (exact) mass is 303 g/mol. The van der Waals surface area contributed by atoms with Crippen LogP contribution in [0.1, 0.15) is 53.4 Å². The Labute approximate surface area is 131 Å². The Morgan fingerprint density at radius 2 is 1.29 bits per heavy atom. The first-order chi connectivity index (χ1) is 10.3. The molecule has 0 aromatic heterocycles. The van der Waals surface area contributed by atoms with Crippen LogP contribution in [-0.4, -0.2) is 52.2 Å². The molecule has 0 aromatic carbocycles. The fourth-order valence-electron chi connectivity index (χ4n) is 2.24. The van der Waals surface area contributed by atoms with E-state index in [1.807, 2.05) is 0 Å². The Kier molecular flexibility index (Phi) is 16.1. The minimum atomic E-state index is 0.351. The largest absolute Gasteiger partial charge is 0.381 e. The van der Waals surface area contributed by atoms with Crippen molar-refractivity contribution in [2.75, 3.05) is 46.2 Å². The first kappa shape index (κ1) is 20.8. The third-order valence-electron chi connectivity index (χ3n) is 3.34. The second kappa shape index (κ2) is 16.2. The van der Waals surface area contributed by atoms with Gasteiger partial charge < -0.3 is 19.5 Å². The van der Waals surface area contributed by atoms with Crippen LogP contribution in [0.3, 0.4) is 0 Å². The van der Waals surface area contributed by atoms with Crippen LogP contribution in [0.5, 0.6) is 0 Å². The summed E-state index contributed by atoms with van der Waals surface area (Å²) >= 11 is 0. The Morgan fingerprint density at radius 3 is 1.86 bits per heavy atom. The molecule has 2 unspecified atom stereocenters. The lowest BCUT2D eigenvalue weighted by Gasteiger charge is -2.28. The highest BCUT2D eigenvalue weighted by atomic mass is 16.5. The molecule has 0 aromatic rings. The highest BCUT2D eigenvalue weighted by molar-refractivity contribution is 4.76. The van der Waals surface area contributed by atoms with Gasteiger partial charge in [0, 0.05) is 38.4 Å². The molecule has 0 saturated heterocycles. The minimum absolute atomic E-state index is 0.351. The van der Waals surface area contributed by atoms with E-state index in [1.165, 1.54) is 0 Å². The van der Waals surface area contributed by atoms with E-state index in [0.717, 1.165) is 71.9 Å². The lowest BCUT2D eigenvalue weighted by atomic mass is 9.97. The average molecular weight is 303 g/mol. The SMILES string of the molecule is CCCOCCC(COCCC)C(COCCC)NCC. The van der Waals surface area contributed by atoms with Crippen molar-refractivity contribution >= 4 is 0 Å². The summed E-state index contributed by atoms with van der Waals surface area (Å²) in [6.45, 7) is 14.4. The predicted octanol–water partition coefficient (Wildman–Crippen LogP) is 3.25. The molecule has 0 bridgehead atoms. The van der Waals surface area contributed by atoms with E-state index in [2.05, 4.69) is 33.0 Å². The number of hydrogen-bond donors (Lipinski definition) is 1. The fourth-order valence-corrected chi connectivity index (χ4v) is 2.24. The van der Waals surface area contributed by atoms with Crippen LogP contribution in [0.2, 0.25) is 0 Å². The van der Waals surface area contributed by atoms with E-state index >= 15 is 0 Å². The quantitative estimate of drug-likeness (QED) is 0.444. The van der Waals surface area contributed by atoms with Gasteiger partial charge in [0.2, 0.25) is 0 Å². The van der Waals surface area contributed by atoms with Crippen LogP contribution in [0.4, 0.5) is 0 Å². The smallest absolute Gasteiger partial charge is 0.0623 e. The second-order valence-electron chi connectivity index (χ2n) is 5.48. The third-order valence-corrected chi connectivity index (χ3v) is 3.34. The van der Waals surface area contributed by atoms with Crippen molar-refractivity contribution in [2.45, 2.75) is 59.4 Å². The zero-order chi connectivity index (χ0) is 15.8. The number of hydrogen-bond acceptors (Lipinski definition) is 4. The van der Waals surface area contributed by atoms with E-state index in [9.17, 15) is 0 Å². The van der Waals surface area contributed by atoms with Crippen molar-refractivity contribution in [3.63, 3.8) is 0 Å². The summed E-state index contributed by atoms with van der Waals surface area (Å²) in [6, 6.07) is 0.351. The lowest BCUT2D eigenvalue weighted by molar-refractivity contribution is 0.0299. The molecule has 0 fully saturated rings. The van der Waals surface area contributed by atoms with Crippen LogP contribution in [0, 0.1) is 5.92 Å². The molecule has 0 aliphatic rings. The molecule has 4 nitrogen and oxygen atoms in total. The van der Waals surface area contributed by atoms with Crippen molar-refractivity contribution in [1.29, 1.82) is 0 Å². The maximum absolute atomic E-state index is 5.78. The first-order valence-electron chi connectivity index (χ1n) is 8.76. The molecular formula is C17H37NO3. The Morgan fingerprint density at radius 1 is 0.714 bits per heavy atom. The number of nitrogens with one attached hydrogen (secondary N) is 1. The molecule has 1 N–H and O–H groups in total. The first-order valence-corrected chi connectivity index (χ1v) is 8.76. The normalized spacial score (nSPS) is 14.3. The zero-order valence-electron chi connectivity index (χ0n) is 14.7. The predicted molar refractivity (Wildman–Crippen MR) is 88.9 cm³/mol. The van der Waals surface area contributed by atoms with Gasteiger partial charge >= 0.3 is 0 Å². The van der Waals surface area contributed by atoms with Crippen LogP contribution in [0.15, 0.2) is 0 Å². The molecule has 128 valence electrons. The van der Waals surface area contributed by atoms with Crippen molar-refractivity contribution in [2.24, 2.45) is 5.92 Å². The van der Waals surface area contributed by atoms with Crippen molar-refractivity contribution in [3.05, 3.63) is 0 Å². The standard InChI is InChI=1S/C17H37NO3/c1-5-10-19-13-9-16(14-20-11-6-2)17(18-8-4)15-21-12-7-3/h16-18H,5-15H2,1-4H3. The van der Waals surface area contributed by atoms with Gasteiger partial charge in [-0.05, 0) is 32.2 Å². The molecule has 0 saturated carbocycles. The van der Waals surface area contributed by atoms with Gasteiger partial charge in [-0.15, -0.1) is 0 Å². The summed E-state index contributed by atoms with van der Waals surface area (Å²) in [4.78, 5) is 0. The topological polar surface area (TPSA) is 39.7 Å². The van der Waals surface area contributed by atoms with Gasteiger partial charge in [-0.25, -0.2) is 0 Å². The fraction of sp³-hybridized carbons (Fsp3) is 1.00. The number of rotatable bonds is 16. The molecule has 0 heterocycles. The van der Waals surface area contributed by atoms with Gasteiger partial charge in [0.25, 0.3) is 0 Å². The van der Waals surface area contributed by atoms with Gasteiger partial charge in [0.05, 0.1) is 13.2 Å². The van der Waals surface area contributed by atoms with Crippen LogP contribution in [-0.2, 0) is 14.2 Å². The van der Waals surface area contributed by atoms with Crippen molar-refractivity contribution < 1.29 is 14.2 Å². The van der Waals surface area contributed by atoms with Crippen molar-refractivity contribution in [1.82, 2.24) is 5.32 Å². The molecule has 0 aliphatic heterocycles.